The van der Waals surface area contributed by atoms with E-state index >= 15 is 0 Å². The highest BCUT2D eigenvalue weighted by atomic mass is 35.5. The summed E-state index contributed by atoms with van der Waals surface area (Å²) in [6, 6.07) is 9.11. The molecule has 0 amide bonds. The van der Waals surface area contributed by atoms with Crippen LogP contribution in [-0.4, -0.2) is 10.8 Å². The van der Waals surface area contributed by atoms with Crippen LogP contribution in [0.2, 0.25) is 10.0 Å². The van der Waals surface area contributed by atoms with E-state index in [1.165, 1.54) is 0 Å². The Bertz CT molecular complexity index is 604. The summed E-state index contributed by atoms with van der Waals surface area (Å²) in [5, 5.41) is 7.35. The molecule has 98 valence electrons. The molecule has 0 bridgehead atoms. The molecule has 2 rings (SSSR count). The van der Waals surface area contributed by atoms with Crippen LogP contribution in [0.3, 0.4) is 0 Å². The lowest BCUT2D eigenvalue weighted by atomic mass is 10.1. The molecule has 0 saturated heterocycles. The van der Waals surface area contributed by atoms with Crippen molar-refractivity contribution in [3.8, 4) is 0 Å². The highest BCUT2D eigenvalue weighted by molar-refractivity contribution is 7.80. The molecular weight excluding hydrogens is 321 g/mol. The third kappa shape index (κ3) is 3.91. The first-order chi connectivity index (χ1) is 9.06. The van der Waals surface area contributed by atoms with Gasteiger partial charge < -0.3 is 5.73 Å². The van der Waals surface area contributed by atoms with E-state index in [1.54, 1.807) is 29.5 Å². The van der Waals surface area contributed by atoms with E-state index in [0.29, 0.717) is 15.8 Å². The predicted octanol–water partition coefficient (Wildman–Crippen LogP) is 3.64. The fourth-order valence-electron chi connectivity index (χ4n) is 1.48. The molecule has 3 nitrogen and oxygen atoms in total. The molecular formula is C12H9Cl2N3S2. The van der Waals surface area contributed by atoms with Crippen LogP contribution < -0.4 is 11.2 Å². The van der Waals surface area contributed by atoms with Gasteiger partial charge in [-0.25, -0.2) is 0 Å². The Hall–Kier alpha value is -1.14. The van der Waals surface area contributed by atoms with Crippen LogP contribution in [0.25, 0.3) is 0 Å². The molecule has 0 aliphatic carbocycles. The Labute approximate surface area is 130 Å². The van der Waals surface area contributed by atoms with Gasteiger partial charge in [0.2, 0.25) is 0 Å². The number of thiophene rings is 1. The maximum atomic E-state index is 6.01. The monoisotopic (exact) mass is 329 g/mol. The first-order valence-electron chi connectivity index (χ1n) is 5.20. The largest absolute Gasteiger partial charge is 0.375 e. The molecule has 0 radical (unpaired) electrons. The van der Waals surface area contributed by atoms with Crippen LogP contribution in [0.15, 0.2) is 40.8 Å². The minimum Gasteiger partial charge on any atom is -0.375 e. The van der Waals surface area contributed by atoms with Crippen molar-refractivity contribution in [3.05, 3.63) is 56.2 Å². The van der Waals surface area contributed by atoms with E-state index in [9.17, 15) is 0 Å². The second-order valence-corrected chi connectivity index (χ2v) is 5.83. The fourth-order valence-corrected chi connectivity index (χ4v) is 2.78. The van der Waals surface area contributed by atoms with E-state index in [-0.39, 0.29) is 5.11 Å². The summed E-state index contributed by atoms with van der Waals surface area (Å²) in [5.41, 5.74) is 9.47. The smallest absolute Gasteiger partial charge is 0.184 e. The van der Waals surface area contributed by atoms with Gasteiger partial charge >= 0.3 is 0 Å². The predicted molar refractivity (Wildman–Crippen MR) is 86.3 cm³/mol. The fraction of sp³-hybridized carbons (Fsp3) is 0. The second-order valence-electron chi connectivity index (χ2n) is 3.57. The molecule has 3 N–H and O–H groups in total. The number of hydrogen-bond acceptors (Lipinski definition) is 3. The standard InChI is InChI=1S/C12H9Cl2N3S2/c13-8-4-7(5-9(14)6-8)11(16-17-12(15)18)10-2-1-3-19-10/h1-6H,(H3,15,17,18)/b16-11-. The molecule has 0 saturated carbocycles. The summed E-state index contributed by atoms with van der Waals surface area (Å²) >= 11 is 18.3. The minimum atomic E-state index is 0.0992. The number of nitrogens with two attached hydrogens (primary N) is 1. The van der Waals surface area contributed by atoms with Crippen LogP contribution in [0.4, 0.5) is 0 Å². The Morgan fingerprint density at radius 3 is 2.47 bits per heavy atom. The first kappa shape index (κ1) is 14.3. The molecule has 1 heterocycles. The maximum Gasteiger partial charge on any atom is 0.184 e. The summed E-state index contributed by atoms with van der Waals surface area (Å²) in [6.07, 6.45) is 0. The normalized spacial score (nSPS) is 11.4. The average Bonchev–Trinajstić information content (AvgIpc) is 2.81. The number of nitrogens with zero attached hydrogens (tertiary/aromatic N) is 1. The van der Waals surface area contributed by atoms with Gasteiger partial charge in [0.05, 0.1) is 4.88 Å². The number of hydrogen-bond donors (Lipinski definition) is 2. The first-order valence-corrected chi connectivity index (χ1v) is 7.24. The summed E-state index contributed by atoms with van der Waals surface area (Å²) in [4.78, 5) is 0.960. The molecule has 0 fully saturated rings. The number of benzene rings is 1. The Balaban J connectivity index is 2.48. The molecule has 2 aromatic rings. The van der Waals surface area contributed by atoms with E-state index in [2.05, 4.69) is 10.5 Å². The lowest BCUT2D eigenvalue weighted by molar-refractivity contribution is 1.03. The topological polar surface area (TPSA) is 50.4 Å². The lowest BCUT2D eigenvalue weighted by Crippen LogP contribution is -2.25. The SMILES string of the molecule is NC(=S)N/N=C(/c1cc(Cl)cc(Cl)c1)c1cccs1. The number of rotatable bonds is 3. The van der Waals surface area contributed by atoms with Crippen molar-refractivity contribution in [2.24, 2.45) is 10.8 Å². The number of halogens is 2. The average molecular weight is 330 g/mol. The highest BCUT2D eigenvalue weighted by Crippen LogP contribution is 2.23. The van der Waals surface area contributed by atoms with Crippen molar-refractivity contribution < 1.29 is 0 Å². The Morgan fingerprint density at radius 2 is 1.95 bits per heavy atom. The molecule has 1 aromatic heterocycles. The number of nitrogens with one attached hydrogen (secondary N) is 1. The van der Waals surface area contributed by atoms with Gasteiger partial charge in [0, 0.05) is 15.6 Å². The van der Waals surface area contributed by atoms with Gasteiger partial charge in [-0.2, -0.15) is 5.10 Å². The third-order valence-corrected chi connectivity index (χ3v) is 3.57. The van der Waals surface area contributed by atoms with Crippen LogP contribution in [-0.2, 0) is 0 Å². The molecule has 0 unspecified atom stereocenters. The number of hydrazone groups is 1. The lowest BCUT2D eigenvalue weighted by Gasteiger charge is -2.07. The molecule has 19 heavy (non-hydrogen) atoms. The summed E-state index contributed by atoms with van der Waals surface area (Å²) < 4.78 is 0. The van der Waals surface area contributed by atoms with E-state index in [1.807, 2.05) is 17.5 Å². The van der Waals surface area contributed by atoms with Gasteiger partial charge in [-0.15, -0.1) is 11.3 Å². The van der Waals surface area contributed by atoms with E-state index in [4.69, 9.17) is 41.2 Å². The zero-order chi connectivity index (χ0) is 13.8. The van der Waals surface area contributed by atoms with Gasteiger partial charge in [-0.1, -0.05) is 29.3 Å². The zero-order valence-corrected chi connectivity index (χ0v) is 12.7. The van der Waals surface area contributed by atoms with Crippen LogP contribution in [0.1, 0.15) is 10.4 Å². The van der Waals surface area contributed by atoms with Crippen molar-refractivity contribution in [2.75, 3.05) is 0 Å². The molecule has 0 aliphatic heterocycles. The molecule has 0 atom stereocenters. The molecule has 0 spiro atoms. The third-order valence-electron chi connectivity index (χ3n) is 2.17. The van der Waals surface area contributed by atoms with Crippen molar-refractivity contribution in [2.45, 2.75) is 0 Å². The van der Waals surface area contributed by atoms with Gasteiger partial charge in [0.25, 0.3) is 0 Å². The van der Waals surface area contributed by atoms with Crippen molar-refractivity contribution in [3.63, 3.8) is 0 Å². The van der Waals surface area contributed by atoms with Crippen molar-refractivity contribution >= 4 is 57.6 Å². The van der Waals surface area contributed by atoms with Crippen LogP contribution >= 0.6 is 46.8 Å². The van der Waals surface area contributed by atoms with Gasteiger partial charge in [-0.05, 0) is 41.9 Å². The van der Waals surface area contributed by atoms with Crippen molar-refractivity contribution in [1.29, 1.82) is 0 Å². The van der Waals surface area contributed by atoms with Gasteiger partial charge in [0.1, 0.15) is 5.71 Å². The summed E-state index contributed by atoms with van der Waals surface area (Å²) in [6.45, 7) is 0. The molecule has 7 heteroatoms. The maximum absolute atomic E-state index is 6.01. The highest BCUT2D eigenvalue weighted by Gasteiger charge is 2.10. The Morgan fingerprint density at radius 1 is 1.26 bits per heavy atom. The summed E-state index contributed by atoms with van der Waals surface area (Å²) in [5.74, 6) is 0. The van der Waals surface area contributed by atoms with Gasteiger partial charge in [0.15, 0.2) is 5.11 Å². The van der Waals surface area contributed by atoms with Crippen LogP contribution in [0.5, 0.6) is 0 Å². The van der Waals surface area contributed by atoms with E-state index < -0.39 is 0 Å². The molecule has 0 aliphatic rings. The quantitative estimate of drug-likeness (QED) is 0.513. The van der Waals surface area contributed by atoms with Crippen LogP contribution in [0, 0.1) is 0 Å². The van der Waals surface area contributed by atoms with E-state index in [0.717, 1.165) is 10.4 Å². The van der Waals surface area contributed by atoms with Gasteiger partial charge in [-0.3, -0.25) is 5.43 Å². The van der Waals surface area contributed by atoms with Crippen molar-refractivity contribution in [1.82, 2.24) is 5.43 Å². The molecule has 1 aromatic carbocycles. The number of thiocarbonyl (C=S) groups is 1. The Kier molecular flexibility index (Phi) is 4.76. The zero-order valence-electron chi connectivity index (χ0n) is 9.56. The minimum absolute atomic E-state index is 0.0992. The second kappa shape index (κ2) is 6.34. The summed E-state index contributed by atoms with van der Waals surface area (Å²) in [7, 11) is 0.